The van der Waals surface area contributed by atoms with Crippen molar-refractivity contribution in [3.05, 3.63) is 40.2 Å². The van der Waals surface area contributed by atoms with Crippen molar-refractivity contribution in [2.45, 2.75) is 38.7 Å². The summed E-state index contributed by atoms with van der Waals surface area (Å²) < 4.78 is 15.9. The van der Waals surface area contributed by atoms with E-state index in [2.05, 4.69) is 5.32 Å². The van der Waals surface area contributed by atoms with Crippen LogP contribution in [0, 0.1) is 0 Å². The number of hydrogen-bond donors (Lipinski definition) is 1. The lowest BCUT2D eigenvalue weighted by atomic mass is 10.1. The van der Waals surface area contributed by atoms with Gasteiger partial charge in [0.05, 0.1) is 6.10 Å². The third-order valence-corrected chi connectivity index (χ3v) is 4.15. The van der Waals surface area contributed by atoms with Crippen LogP contribution in [0.4, 0.5) is 0 Å². The standard InChI is InChI=1S/C19H21NO6/c1-2-4-17(21)25-13-7-6-12-9-15(19(23)26-16(12)10-13)18(22)20-11-14-5-3-8-24-14/h6-7,9-10,14H,2-5,8,11H2,1H3,(H,20,22). The molecule has 0 aliphatic carbocycles. The zero-order valence-electron chi connectivity index (χ0n) is 14.6. The maximum absolute atomic E-state index is 12.3. The Bertz CT molecular complexity index is 866. The second-order valence-electron chi connectivity index (χ2n) is 6.22. The van der Waals surface area contributed by atoms with E-state index in [-0.39, 0.29) is 23.2 Å². The monoisotopic (exact) mass is 359 g/mol. The number of carbonyl (C=O) groups excluding carboxylic acids is 2. The molecule has 1 aliphatic rings. The minimum Gasteiger partial charge on any atom is -0.426 e. The molecule has 1 saturated heterocycles. The second-order valence-corrected chi connectivity index (χ2v) is 6.22. The number of amides is 1. The van der Waals surface area contributed by atoms with Crippen LogP contribution in [0.15, 0.2) is 33.5 Å². The Kier molecular flexibility index (Phi) is 5.68. The highest BCUT2D eigenvalue weighted by Gasteiger charge is 2.19. The van der Waals surface area contributed by atoms with Crippen LogP contribution in [0.25, 0.3) is 11.0 Å². The molecule has 3 rings (SSSR count). The minimum absolute atomic E-state index is 0.00758. The van der Waals surface area contributed by atoms with Crippen LogP contribution in [-0.4, -0.2) is 31.1 Å². The summed E-state index contributed by atoms with van der Waals surface area (Å²) in [6.45, 7) is 2.94. The van der Waals surface area contributed by atoms with Gasteiger partial charge in [0.1, 0.15) is 16.9 Å². The van der Waals surface area contributed by atoms with Gasteiger partial charge in [0.2, 0.25) is 0 Å². The first-order valence-corrected chi connectivity index (χ1v) is 8.75. The molecule has 2 aromatic rings. The Morgan fingerprint density at radius 3 is 2.88 bits per heavy atom. The molecule has 1 aromatic carbocycles. The van der Waals surface area contributed by atoms with Crippen molar-refractivity contribution in [2.75, 3.05) is 13.2 Å². The van der Waals surface area contributed by atoms with Gasteiger partial charge in [-0.15, -0.1) is 0 Å². The first-order chi connectivity index (χ1) is 12.6. The zero-order valence-corrected chi connectivity index (χ0v) is 14.6. The zero-order chi connectivity index (χ0) is 18.5. The van der Waals surface area contributed by atoms with Crippen molar-refractivity contribution in [3.63, 3.8) is 0 Å². The van der Waals surface area contributed by atoms with E-state index < -0.39 is 11.5 Å². The SMILES string of the molecule is CCCC(=O)Oc1ccc2cc(C(=O)NCC3CCCO3)c(=O)oc2c1. The molecular formula is C19H21NO6. The molecule has 0 bridgehead atoms. The second kappa shape index (κ2) is 8.14. The number of benzene rings is 1. The van der Waals surface area contributed by atoms with Crippen LogP contribution in [0.2, 0.25) is 0 Å². The predicted molar refractivity (Wildman–Crippen MR) is 94.3 cm³/mol. The quantitative estimate of drug-likeness (QED) is 0.483. The van der Waals surface area contributed by atoms with E-state index >= 15 is 0 Å². The topological polar surface area (TPSA) is 94.8 Å². The molecule has 0 saturated carbocycles. The molecule has 1 fully saturated rings. The number of esters is 1. The fourth-order valence-corrected chi connectivity index (χ4v) is 2.81. The van der Waals surface area contributed by atoms with Crippen molar-refractivity contribution < 1.29 is 23.5 Å². The molecule has 138 valence electrons. The molecule has 1 aliphatic heterocycles. The van der Waals surface area contributed by atoms with Crippen LogP contribution >= 0.6 is 0 Å². The number of rotatable bonds is 6. The molecule has 1 unspecified atom stereocenters. The lowest BCUT2D eigenvalue weighted by Gasteiger charge is -2.10. The molecule has 1 aromatic heterocycles. The molecular weight excluding hydrogens is 338 g/mol. The van der Waals surface area contributed by atoms with Crippen molar-refractivity contribution in [3.8, 4) is 5.75 Å². The summed E-state index contributed by atoms with van der Waals surface area (Å²) >= 11 is 0. The number of fused-ring (bicyclic) bond motifs is 1. The Balaban J connectivity index is 1.75. The van der Waals surface area contributed by atoms with Gasteiger partial charge >= 0.3 is 11.6 Å². The normalized spacial score (nSPS) is 16.6. The maximum Gasteiger partial charge on any atom is 0.349 e. The first kappa shape index (κ1) is 18.1. The summed E-state index contributed by atoms with van der Waals surface area (Å²) in [5, 5.41) is 3.28. The first-order valence-electron chi connectivity index (χ1n) is 8.75. The summed E-state index contributed by atoms with van der Waals surface area (Å²) in [6, 6.07) is 6.19. The highest BCUT2D eigenvalue weighted by atomic mass is 16.5. The van der Waals surface area contributed by atoms with E-state index in [1.165, 1.54) is 12.1 Å². The average Bonchev–Trinajstić information content (AvgIpc) is 3.12. The van der Waals surface area contributed by atoms with Crippen LogP contribution in [0.5, 0.6) is 5.75 Å². The Morgan fingerprint density at radius 1 is 1.31 bits per heavy atom. The number of hydrogen-bond acceptors (Lipinski definition) is 6. The lowest BCUT2D eigenvalue weighted by molar-refractivity contribution is -0.134. The third kappa shape index (κ3) is 4.29. The molecule has 1 amide bonds. The molecule has 26 heavy (non-hydrogen) atoms. The summed E-state index contributed by atoms with van der Waals surface area (Å²) in [6.07, 6.45) is 2.86. The Hall–Kier alpha value is -2.67. The van der Waals surface area contributed by atoms with Crippen LogP contribution in [-0.2, 0) is 9.53 Å². The number of carbonyl (C=O) groups is 2. The fraction of sp³-hybridized carbons (Fsp3) is 0.421. The van der Waals surface area contributed by atoms with E-state index in [9.17, 15) is 14.4 Å². The van der Waals surface area contributed by atoms with Gasteiger partial charge in [-0.1, -0.05) is 6.92 Å². The minimum atomic E-state index is -0.737. The molecule has 0 spiro atoms. The van der Waals surface area contributed by atoms with E-state index in [1.807, 2.05) is 6.92 Å². The smallest absolute Gasteiger partial charge is 0.349 e. The predicted octanol–water partition coefficient (Wildman–Crippen LogP) is 2.41. The summed E-state index contributed by atoms with van der Waals surface area (Å²) in [5.41, 5.74) is -0.543. The van der Waals surface area contributed by atoms with E-state index in [0.29, 0.717) is 37.1 Å². The molecule has 2 heterocycles. The van der Waals surface area contributed by atoms with E-state index in [4.69, 9.17) is 13.9 Å². The fourth-order valence-electron chi connectivity index (χ4n) is 2.81. The van der Waals surface area contributed by atoms with Gasteiger partial charge in [0.15, 0.2) is 0 Å². The van der Waals surface area contributed by atoms with E-state index in [0.717, 1.165) is 12.8 Å². The molecule has 1 atom stereocenters. The van der Waals surface area contributed by atoms with Gasteiger partial charge in [0, 0.05) is 31.0 Å². The lowest BCUT2D eigenvalue weighted by Crippen LogP contribution is -2.34. The van der Waals surface area contributed by atoms with Crippen molar-refractivity contribution in [2.24, 2.45) is 0 Å². The summed E-state index contributed by atoms with van der Waals surface area (Å²) in [5.74, 6) is -0.538. The van der Waals surface area contributed by atoms with Crippen LogP contribution in [0.1, 0.15) is 43.0 Å². The average molecular weight is 359 g/mol. The molecule has 7 heteroatoms. The van der Waals surface area contributed by atoms with Crippen molar-refractivity contribution >= 4 is 22.8 Å². The highest BCUT2D eigenvalue weighted by molar-refractivity contribution is 5.96. The highest BCUT2D eigenvalue weighted by Crippen LogP contribution is 2.21. The Morgan fingerprint density at radius 2 is 2.15 bits per heavy atom. The Labute approximate surface area is 150 Å². The van der Waals surface area contributed by atoms with Crippen molar-refractivity contribution in [1.82, 2.24) is 5.32 Å². The molecule has 7 nitrogen and oxygen atoms in total. The van der Waals surface area contributed by atoms with Gasteiger partial charge in [-0.2, -0.15) is 0 Å². The molecule has 0 radical (unpaired) electrons. The largest absolute Gasteiger partial charge is 0.426 e. The molecule has 1 N–H and O–H groups in total. The maximum atomic E-state index is 12.3. The number of nitrogens with one attached hydrogen (secondary N) is 1. The van der Waals surface area contributed by atoms with Crippen LogP contribution < -0.4 is 15.7 Å². The van der Waals surface area contributed by atoms with Gasteiger partial charge in [-0.3, -0.25) is 9.59 Å². The van der Waals surface area contributed by atoms with Gasteiger partial charge in [-0.05, 0) is 37.5 Å². The van der Waals surface area contributed by atoms with Crippen LogP contribution in [0.3, 0.4) is 0 Å². The summed E-state index contributed by atoms with van der Waals surface area (Å²) in [4.78, 5) is 36.0. The van der Waals surface area contributed by atoms with Crippen molar-refractivity contribution in [1.29, 1.82) is 0 Å². The van der Waals surface area contributed by atoms with Gasteiger partial charge < -0.3 is 19.2 Å². The summed E-state index contributed by atoms with van der Waals surface area (Å²) in [7, 11) is 0. The van der Waals surface area contributed by atoms with E-state index in [1.54, 1.807) is 12.1 Å². The number of ether oxygens (including phenoxy) is 2. The van der Waals surface area contributed by atoms with Gasteiger partial charge in [0.25, 0.3) is 5.91 Å². The van der Waals surface area contributed by atoms with Gasteiger partial charge in [-0.25, -0.2) is 4.79 Å². The third-order valence-electron chi connectivity index (χ3n) is 4.15.